The maximum Gasteiger partial charge on any atom is 0.230 e. The van der Waals surface area contributed by atoms with Crippen molar-refractivity contribution in [3.8, 4) is 0 Å². The monoisotopic (exact) mass is 311 g/mol. The van der Waals surface area contributed by atoms with Crippen LogP contribution in [-0.4, -0.2) is 36.9 Å². The van der Waals surface area contributed by atoms with Gasteiger partial charge in [0.25, 0.3) is 0 Å². The van der Waals surface area contributed by atoms with Crippen LogP contribution in [0.15, 0.2) is 24.3 Å². The molecule has 1 unspecified atom stereocenters. The lowest BCUT2D eigenvalue weighted by Crippen LogP contribution is -2.44. The van der Waals surface area contributed by atoms with Gasteiger partial charge in [-0.15, -0.1) is 0 Å². The first kappa shape index (κ1) is 18.6. The van der Waals surface area contributed by atoms with Gasteiger partial charge in [0.1, 0.15) is 5.82 Å². The number of hydrogen-bond donors (Lipinski definition) is 2. The van der Waals surface area contributed by atoms with Gasteiger partial charge in [0.15, 0.2) is 0 Å². The Hall–Kier alpha value is -1.46. The minimum Gasteiger partial charge on any atom is -0.389 e. The Morgan fingerprint density at radius 1 is 1.27 bits per heavy atom. The van der Waals surface area contributed by atoms with E-state index in [1.807, 2.05) is 13.8 Å². The first-order valence-electron chi connectivity index (χ1n) is 7.53. The molecule has 0 aliphatic heterocycles. The third-order valence-electron chi connectivity index (χ3n) is 3.39. The number of benzene rings is 1. The van der Waals surface area contributed by atoms with E-state index in [2.05, 4.69) is 5.32 Å². The summed E-state index contributed by atoms with van der Waals surface area (Å²) in [6, 6.07) is 5.85. The molecule has 0 aliphatic carbocycles. The number of carbonyl (C=O) groups excluding carboxylic acids is 1. The Bertz CT molecular complexity index is 471. The maximum atomic E-state index is 13.0. The highest BCUT2D eigenvalue weighted by molar-refractivity contribution is 5.87. The highest BCUT2D eigenvalue weighted by Gasteiger charge is 2.29. The molecule has 0 saturated heterocycles. The number of aliphatic hydroxyl groups excluding tert-OH is 1. The number of rotatable bonds is 8. The lowest BCUT2D eigenvalue weighted by molar-refractivity contribution is -0.126. The maximum absolute atomic E-state index is 13.0. The fourth-order valence-corrected chi connectivity index (χ4v) is 1.93. The van der Waals surface area contributed by atoms with Crippen LogP contribution in [0.25, 0.3) is 0 Å². The van der Waals surface area contributed by atoms with E-state index in [4.69, 9.17) is 4.74 Å². The molecule has 4 nitrogen and oxygen atoms in total. The van der Waals surface area contributed by atoms with E-state index >= 15 is 0 Å². The number of amides is 1. The van der Waals surface area contributed by atoms with Crippen LogP contribution in [0, 0.1) is 11.7 Å². The van der Waals surface area contributed by atoms with Crippen molar-refractivity contribution < 1.29 is 19.0 Å². The molecule has 1 atom stereocenters. The van der Waals surface area contributed by atoms with Crippen LogP contribution < -0.4 is 5.32 Å². The number of ether oxygens (including phenoxy) is 1. The van der Waals surface area contributed by atoms with E-state index in [1.165, 1.54) is 12.1 Å². The minimum absolute atomic E-state index is 0.127. The molecule has 1 amide bonds. The van der Waals surface area contributed by atoms with Crippen LogP contribution in [0.5, 0.6) is 0 Å². The van der Waals surface area contributed by atoms with E-state index in [9.17, 15) is 14.3 Å². The highest BCUT2D eigenvalue weighted by atomic mass is 19.1. The zero-order chi connectivity index (χ0) is 16.8. The predicted octanol–water partition coefficient (Wildman–Crippen LogP) is 2.25. The Balaban J connectivity index is 2.48. The normalized spacial score (nSPS) is 13.2. The van der Waals surface area contributed by atoms with E-state index in [-0.39, 0.29) is 24.9 Å². The van der Waals surface area contributed by atoms with E-state index in [0.29, 0.717) is 12.5 Å². The zero-order valence-electron chi connectivity index (χ0n) is 13.7. The van der Waals surface area contributed by atoms with Crippen LogP contribution in [0.2, 0.25) is 0 Å². The number of carbonyl (C=O) groups is 1. The Labute approximate surface area is 131 Å². The summed E-state index contributed by atoms with van der Waals surface area (Å²) in [5.41, 5.74) is -0.0800. The largest absolute Gasteiger partial charge is 0.389 e. The predicted molar refractivity (Wildman–Crippen MR) is 84.1 cm³/mol. The van der Waals surface area contributed by atoms with Gasteiger partial charge in [0.2, 0.25) is 5.91 Å². The summed E-state index contributed by atoms with van der Waals surface area (Å²) in [7, 11) is 0. The Kier molecular flexibility index (Phi) is 6.97. The van der Waals surface area contributed by atoms with Crippen LogP contribution >= 0.6 is 0 Å². The van der Waals surface area contributed by atoms with Crippen molar-refractivity contribution in [1.82, 2.24) is 5.32 Å². The number of hydrogen-bond acceptors (Lipinski definition) is 3. The van der Waals surface area contributed by atoms with Crippen LogP contribution in [-0.2, 0) is 14.9 Å². The fourth-order valence-electron chi connectivity index (χ4n) is 1.93. The summed E-state index contributed by atoms with van der Waals surface area (Å²) in [5, 5.41) is 12.5. The molecule has 22 heavy (non-hydrogen) atoms. The highest BCUT2D eigenvalue weighted by Crippen LogP contribution is 2.23. The fraction of sp³-hybridized carbons (Fsp3) is 0.588. The van der Waals surface area contributed by atoms with E-state index in [1.54, 1.807) is 26.0 Å². The van der Waals surface area contributed by atoms with Gasteiger partial charge in [-0.2, -0.15) is 0 Å². The van der Waals surface area contributed by atoms with E-state index in [0.717, 1.165) is 5.56 Å². The summed E-state index contributed by atoms with van der Waals surface area (Å²) >= 11 is 0. The molecule has 0 aliphatic rings. The van der Waals surface area contributed by atoms with Gasteiger partial charge in [-0.05, 0) is 37.5 Å². The quantitative estimate of drug-likeness (QED) is 0.774. The standard InChI is InChI=1S/C17H26FNO3/c1-12(2)10-22-11-15(20)9-19-16(21)17(3,4)13-5-7-14(18)8-6-13/h5-8,12,15,20H,9-11H2,1-4H3,(H,19,21). The second-order valence-corrected chi connectivity index (χ2v) is 6.43. The van der Waals surface area contributed by atoms with Gasteiger partial charge in [0.05, 0.1) is 18.1 Å². The van der Waals surface area contributed by atoms with Crippen molar-refractivity contribution in [3.05, 3.63) is 35.6 Å². The third kappa shape index (κ3) is 5.73. The molecular formula is C17H26FNO3. The second kappa shape index (κ2) is 8.25. The number of nitrogens with one attached hydrogen (secondary N) is 1. The molecule has 124 valence electrons. The molecule has 0 bridgehead atoms. The van der Waals surface area contributed by atoms with Crippen LogP contribution in [0.1, 0.15) is 33.3 Å². The van der Waals surface area contributed by atoms with Crippen LogP contribution in [0.3, 0.4) is 0 Å². The van der Waals surface area contributed by atoms with Crippen LogP contribution in [0.4, 0.5) is 4.39 Å². The second-order valence-electron chi connectivity index (χ2n) is 6.43. The summed E-state index contributed by atoms with van der Waals surface area (Å²) in [6.07, 6.45) is -0.744. The number of halogens is 1. The molecule has 0 radical (unpaired) electrons. The molecule has 1 rings (SSSR count). The van der Waals surface area contributed by atoms with Crippen molar-refractivity contribution in [2.45, 2.75) is 39.2 Å². The summed E-state index contributed by atoms with van der Waals surface area (Å²) in [4.78, 5) is 12.3. The summed E-state index contributed by atoms with van der Waals surface area (Å²) in [6.45, 7) is 8.47. The average molecular weight is 311 g/mol. The molecule has 0 aromatic heterocycles. The molecule has 1 aromatic rings. The van der Waals surface area contributed by atoms with E-state index < -0.39 is 11.5 Å². The lowest BCUT2D eigenvalue weighted by Gasteiger charge is -2.25. The van der Waals surface area contributed by atoms with Gasteiger partial charge in [-0.3, -0.25) is 4.79 Å². The molecule has 2 N–H and O–H groups in total. The molecule has 0 spiro atoms. The topological polar surface area (TPSA) is 58.6 Å². The molecule has 0 saturated carbocycles. The van der Waals surface area contributed by atoms with Gasteiger partial charge in [-0.25, -0.2) is 4.39 Å². The van der Waals surface area contributed by atoms with Gasteiger partial charge >= 0.3 is 0 Å². The summed E-state index contributed by atoms with van der Waals surface area (Å²) in [5.74, 6) is -0.154. The first-order valence-corrected chi connectivity index (χ1v) is 7.53. The third-order valence-corrected chi connectivity index (χ3v) is 3.39. The first-order chi connectivity index (χ1) is 10.2. The molecule has 0 fully saturated rings. The van der Waals surface area contributed by atoms with Gasteiger partial charge in [-0.1, -0.05) is 26.0 Å². The van der Waals surface area contributed by atoms with Gasteiger partial charge < -0.3 is 15.2 Å². The average Bonchev–Trinajstić information content (AvgIpc) is 2.44. The summed E-state index contributed by atoms with van der Waals surface area (Å²) < 4.78 is 18.3. The van der Waals surface area contributed by atoms with Gasteiger partial charge in [0, 0.05) is 13.2 Å². The SMILES string of the molecule is CC(C)COCC(O)CNC(=O)C(C)(C)c1ccc(F)cc1. The smallest absolute Gasteiger partial charge is 0.230 e. The Morgan fingerprint density at radius 3 is 2.41 bits per heavy atom. The zero-order valence-corrected chi connectivity index (χ0v) is 13.7. The van der Waals surface area contributed by atoms with Crippen molar-refractivity contribution >= 4 is 5.91 Å². The lowest BCUT2D eigenvalue weighted by atomic mass is 9.83. The Morgan fingerprint density at radius 2 is 1.86 bits per heavy atom. The molecular weight excluding hydrogens is 285 g/mol. The van der Waals surface area contributed by atoms with Crippen molar-refractivity contribution in [1.29, 1.82) is 0 Å². The number of aliphatic hydroxyl groups is 1. The molecule has 0 heterocycles. The molecule has 1 aromatic carbocycles. The van der Waals surface area contributed by atoms with Crippen molar-refractivity contribution in [2.75, 3.05) is 19.8 Å². The minimum atomic E-state index is -0.799. The molecule has 5 heteroatoms. The van der Waals surface area contributed by atoms with Crippen molar-refractivity contribution in [2.24, 2.45) is 5.92 Å². The van der Waals surface area contributed by atoms with Crippen molar-refractivity contribution in [3.63, 3.8) is 0 Å².